The Morgan fingerprint density at radius 3 is 2.35 bits per heavy atom. The zero-order chi connectivity index (χ0) is 13.2. The Morgan fingerprint density at radius 1 is 1.29 bits per heavy atom. The summed E-state index contributed by atoms with van der Waals surface area (Å²) in [6.45, 7) is 1.51. The second-order valence-electron chi connectivity index (χ2n) is 3.22. The van der Waals surface area contributed by atoms with Crippen molar-refractivity contribution in [2.45, 2.75) is 11.8 Å². The van der Waals surface area contributed by atoms with Gasteiger partial charge in [0.2, 0.25) is 0 Å². The number of halogens is 2. The number of carbonyl (C=O) groups excluding carboxylic acids is 1. The second-order valence-corrected chi connectivity index (χ2v) is 6.22. The first-order valence-corrected chi connectivity index (χ1v) is 7.18. The summed E-state index contributed by atoms with van der Waals surface area (Å²) in [6.07, 6.45) is 0. The minimum Gasteiger partial charge on any atom is -0.355 e. The first kappa shape index (κ1) is 14.3. The van der Waals surface area contributed by atoms with Crippen molar-refractivity contribution in [2.24, 2.45) is 0 Å². The number of hydrogen-bond acceptors (Lipinski definition) is 3. The molecule has 1 rings (SSSR count). The first-order chi connectivity index (χ1) is 7.85. The highest BCUT2D eigenvalue weighted by atomic mass is 35.5. The number of amides is 1. The Balaban J connectivity index is 3.45. The molecule has 0 aliphatic heterocycles. The Labute approximate surface area is 110 Å². The minimum atomic E-state index is -3.45. The summed E-state index contributed by atoms with van der Waals surface area (Å²) in [5.41, 5.74) is 0.147. The summed E-state index contributed by atoms with van der Waals surface area (Å²) in [4.78, 5) is 11.4. The smallest absolute Gasteiger partial charge is 0.252 e. The molecule has 0 fully saturated rings. The third kappa shape index (κ3) is 2.73. The van der Waals surface area contributed by atoms with Crippen molar-refractivity contribution < 1.29 is 13.2 Å². The largest absolute Gasteiger partial charge is 0.355 e. The Bertz CT molecular complexity index is 555. The Hall–Kier alpha value is -0.780. The third-order valence-electron chi connectivity index (χ3n) is 2.23. The maximum atomic E-state index is 11.7. The van der Waals surface area contributed by atoms with Gasteiger partial charge in [0.1, 0.15) is 0 Å². The number of nitrogens with one attached hydrogen (secondary N) is 1. The minimum absolute atomic E-state index is 0.0551. The highest BCUT2D eigenvalue weighted by Gasteiger charge is 2.21. The Morgan fingerprint density at radius 2 is 1.88 bits per heavy atom. The van der Waals surface area contributed by atoms with Crippen molar-refractivity contribution in [3.63, 3.8) is 0 Å². The molecule has 1 N–H and O–H groups in total. The maximum absolute atomic E-state index is 11.7. The summed E-state index contributed by atoms with van der Waals surface area (Å²) in [5, 5.41) is 2.22. The highest BCUT2D eigenvalue weighted by molar-refractivity contribution is 7.91. The summed E-state index contributed by atoms with van der Waals surface area (Å²) < 4.78 is 23.4. The van der Waals surface area contributed by atoms with Crippen LogP contribution in [-0.4, -0.2) is 27.1 Å². The number of benzene rings is 1. The fraction of sp³-hybridized carbons (Fsp3) is 0.300. The molecule has 0 aliphatic rings. The lowest BCUT2D eigenvalue weighted by molar-refractivity contribution is 0.0963. The Kier molecular flexibility index (Phi) is 4.41. The molecule has 0 saturated carbocycles. The van der Waals surface area contributed by atoms with Crippen molar-refractivity contribution >= 4 is 38.9 Å². The predicted molar refractivity (Wildman–Crippen MR) is 67.6 cm³/mol. The summed E-state index contributed by atoms with van der Waals surface area (Å²) in [5.74, 6) is -0.500. The molecule has 0 aliphatic carbocycles. The van der Waals surface area contributed by atoms with Gasteiger partial charge in [-0.25, -0.2) is 8.42 Å². The van der Waals surface area contributed by atoms with Crippen LogP contribution in [0.2, 0.25) is 10.0 Å². The summed E-state index contributed by atoms with van der Waals surface area (Å²) in [7, 11) is -2.00. The van der Waals surface area contributed by atoms with Crippen LogP contribution >= 0.6 is 23.2 Å². The van der Waals surface area contributed by atoms with E-state index in [1.54, 1.807) is 0 Å². The SMILES string of the molecule is CCS(=O)(=O)c1ccc(C(=O)NC)c(Cl)c1Cl. The normalized spacial score (nSPS) is 11.3. The molecule has 7 heteroatoms. The van der Waals surface area contributed by atoms with Crippen LogP contribution < -0.4 is 5.32 Å². The van der Waals surface area contributed by atoms with Crippen LogP contribution in [0.25, 0.3) is 0 Å². The molecular formula is C10H11Cl2NO3S. The first-order valence-electron chi connectivity index (χ1n) is 4.78. The van der Waals surface area contributed by atoms with Gasteiger partial charge in [0.05, 0.1) is 26.3 Å². The van der Waals surface area contributed by atoms with E-state index in [1.807, 2.05) is 0 Å². The van der Waals surface area contributed by atoms with Gasteiger partial charge in [-0.3, -0.25) is 4.79 Å². The van der Waals surface area contributed by atoms with Crippen LogP contribution in [0.4, 0.5) is 0 Å². The van der Waals surface area contributed by atoms with Crippen LogP contribution in [0.15, 0.2) is 17.0 Å². The third-order valence-corrected chi connectivity index (χ3v) is 5.00. The monoisotopic (exact) mass is 295 g/mol. The average Bonchev–Trinajstić information content (AvgIpc) is 2.31. The molecular weight excluding hydrogens is 285 g/mol. The van der Waals surface area contributed by atoms with Crippen LogP contribution in [0.5, 0.6) is 0 Å². The van der Waals surface area contributed by atoms with Gasteiger partial charge in [-0.2, -0.15) is 0 Å². The van der Waals surface area contributed by atoms with E-state index in [0.29, 0.717) is 0 Å². The molecule has 1 aromatic carbocycles. The number of hydrogen-bond donors (Lipinski definition) is 1. The molecule has 4 nitrogen and oxygen atoms in total. The molecule has 0 bridgehead atoms. The molecule has 1 amide bonds. The molecule has 94 valence electrons. The van der Waals surface area contributed by atoms with E-state index in [0.717, 1.165) is 0 Å². The zero-order valence-corrected chi connectivity index (χ0v) is 11.6. The summed E-state index contributed by atoms with van der Waals surface area (Å²) in [6, 6.07) is 2.63. The van der Waals surface area contributed by atoms with Gasteiger partial charge >= 0.3 is 0 Å². The van der Waals surface area contributed by atoms with E-state index in [1.165, 1.54) is 26.1 Å². The lowest BCUT2D eigenvalue weighted by Crippen LogP contribution is -2.18. The molecule has 0 heterocycles. The maximum Gasteiger partial charge on any atom is 0.252 e. The lowest BCUT2D eigenvalue weighted by atomic mass is 10.2. The molecule has 0 saturated heterocycles. The van der Waals surface area contributed by atoms with Gasteiger partial charge in [-0.15, -0.1) is 0 Å². The number of sulfone groups is 1. The van der Waals surface area contributed by atoms with Crippen LogP contribution in [0.1, 0.15) is 17.3 Å². The van der Waals surface area contributed by atoms with Crippen molar-refractivity contribution in [3.05, 3.63) is 27.7 Å². The number of rotatable bonds is 3. The van der Waals surface area contributed by atoms with Gasteiger partial charge in [0.25, 0.3) is 5.91 Å². The fourth-order valence-electron chi connectivity index (χ4n) is 1.24. The average molecular weight is 296 g/mol. The van der Waals surface area contributed by atoms with Gasteiger partial charge < -0.3 is 5.32 Å². The molecule has 17 heavy (non-hydrogen) atoms. The number of carbonyl (C=O) groups is 1. The van der Waals surface area contributed by atoms with E-state index in [2.05, 4.69) is 5.32 Å². The molecule has 0 atom stereocenters. The van der Waals surface area contributed by atoms with Crippen LogP contribution in [0.3, 0.4) is 0 Å². The predicted octanol–water partition coefficient (Wildman–Crippen LogP) is 2.15. The van der Waals surface area contributed by atoms with Crippen molar-refractivity contribution in [3.8, 4) is 0 Å². The van der Waals surface area contributed by atoms with Crippen molar-refractivity contribution in [1.29, 1.82) is 0 Å². The van der Waals surface area contributed by atoms with E-state index in [-0.39, 0.29) is 26.3 Å². The fourth-order valence-corrected chi connectivity index (χ4v) is 3.02. The van der Waals surface area contributed by atoms with Gasteiger partial charge in [0.15, 0.2) is 9.84 Å². The van der Waals surface area contributed by atoms with Gasteiger partial charge in [0, 0.05) is 7.05 Å². The zero-order valence-electron chi connectivity index (χ0n) is 9.25. The van der Waals surface area contributed by atoms with Gasteiger partial charge in [-0.05, 0) is 12.1 Å². The van der Waals surface area contributed by atoms with E-state index < -0.39 is 15.7 Å². The standard InChI is InChI=1S/C10H11Cl2NO3S/c1-3-17(15,16)7-5-4-6(10(14)13-2)8(11)9(7)12/h4-5H,3H2,1-2H3,(H,13,14). The van der Waals surface area contributed by atoms with Crippen molar-refractivity contribution in [2.75, 3.05) is 12.8 Å². The van der Waals surface area contributed by atoms with Crippen LogP contribution in [-0.2, 0) is 9.84 Å². The molecule has 1 aromatic rings. The van der Waals surface area contributed by atoms with Gasteiger partial charge in [-0.1, -0.05) is 30.1 Å². The van der Waals surface area contributed by atoms with Crippen molar-refractivity contribution in [1.82, 2.24) is 5.32 Å². The second kappa shape index (κ2) is 5.25. The van der Waals surface area contributed by atoms with E-state index >= 15 is 0 Å². The van der Waals surface area contributed by atoms with Crippen LogP contribution in [0, 0.1) is 0 Å². The molecule has 0 unspecified atom stereocenters. The molecule has 0 spiro atoms. The topological polar surface area (TPSA) is 63.2 Å². The summed E-state index contributed by atoms with van der Waals surface area (Å²) >= 11 is 11.7. The quantitative estimate of drug-likeness (QED) is 0.929. The highest BCUT2D eigenvalue weighted by Crippen LogP contribution is 2.32. The van der Waals surface area contributed by atoms with E-state index in [4.69, 9.17) is 23.2 Å². The van der Waals surface area contributed by atoms with E-state index in [9.17, 15) is 13.2 Å². The molecule has 0 radical (unpaired) electrons. The lowest BCUT2D eigenvalue weighted by Gasteiger charge is -2.09. The molecule has 0 aromatic heterocycles.